The van der Waals surface area contributed by atoms with Gasteiger partial charge in [0.15, 0.2) is 0 Å². The van der Waals surface area contributed by atoms with Crippen molar-refractivity contribution in [1.82, 2.24) is 15.5 Å². The number of nitrogens with zero attached hydrogens (tertiary/aromatic N) is 1. The Labute approximate surface area is 205 Å². The van der Waals surface area contributed by atoms with E-state index in [9.17, 15) is 19.2 Å². The fraction of sp³-hybridized carbons (Fsp3) is 0.385. The van der Waals surface area contributed by atoms with Crippen LogP contribution in [0, 0.1) is 0 Å². The molecule has 3 N–H and O–H groups in total. The van der Waals surface area contributed by atoms with Crippen molar-refractivity contribution in [2.75, 3.05) is 31.6 Å². The molecule has 9 heteroatoms. The van der Waals surface area contributed by atoms with Crippen molar-refractivity contribution in [2.45, 2.75) is 38.8 Å². The van der Waals surface area contributed by atoms with E-state index in [2.05, 4.69) is 16.0 Å². The Morgan fingerprint density at radius 1 is 1.11 bits per heavy atom. The van der Waals surface area contributed by atoms with Gasteiger partial charge in [-0.15, -0.1) is 0 Å². The van der Waals surface area contributed by atoms with E-state index >= 15 is 0 Å². The van der Waals surface area contributed by atoms with Crippen LogP contribution in [0.4, 0.5) is 5.69 Å². The molecule has 3 amide bonds. The summed E-state index contributed by atoms with van der Waals surface area (Å²) in [6.07, 6.45) is 1.46. The first-order chi connectivity index (χ1) is 17.0. The minimum atomic E-state index is -0.901. The van der Waals surface area contributed by atoms with Crippen LogP contribution in [0.25, 0.3) is 0 Å². The number of benzene rings is 2. The molecule has 1 unspecified atom stereocenters. The van der Waals surface area contributed by atoms with Crippen molar-refractivity contribution in [2.24, 2.45) is 0 Å². The fourth-order valence-electron chi connectivity index (χ4n) is 3.69. The van der Waals surface area contributed by atoms with Crippen LogP contribution in [0.1, 0.15) is 42.1 Å². The van der Waals surface area contributed by atoms with Gasteiger partial charge < -0.3 is 25.6 Å². The van der Waals surface area contributed by atoms with Crippen LogP contribution in [0.3, 0.4) is 0 Å². The molecule has 1 aliphatic rings. The molecule has 35 heavy (non-hydrogen) atoms. The second-order valence-corrected chi connectivity index (χ2v) is 8.27. The molecule has 0 spiro atoms. The first-order valence-corrected chi connectivity index (χ1v) is 11.9. The lowest BCUT2D eigenvalue weighted by Crippen LogP contribution is -2.58. The average molecular weight is 481 g/mol. The van der Waals surface area contributed by atoms with Gasteiger partial charge in [0.05, 0.1) is 19.6 Å². The fourth-order valence-corrected chi connectivity index (χ4v) is 3.69. The summed E-state index contributed by atoms with van der Waals surface area (Å²) in [5, 5.41) is 8.60. The van der Waals surface area contributed by atoms with Crippen molar-refractivity contribution in [3.05, 3.63) is 65.7 Å². The van der Waals surface area contributed by atoms with E-state index in [0.717, 1.165) is 18.4 Å². The first-order valence-electron chi connectivity index (χ1n) is 11.9. The van der Waals surface area contributed by atoms with Gasteiger partial charge >= 0.3 is 5.97 Å². The summed E-state index contributed by atoms with van der Waals surface area (Å²) >= 11 is 0. The largest absolute Gasteiger partial charge is 0.466 e. The monoisotopic (exact) mass is 480 g/mol. The summed E-state index contributed by atoms with van der Waals surface area (Å²) in [4.78, 5) is 51.3. The van der Waals surface area contributed by atoms with Crippen LogP contribution in [0.15, 0.2) is 54.6 Å². The molecule has 1 fully saturated rings. The third kappa shape index (κ3) is 7.84. The van der Waals surface area contributed by atoms with Crippen LogP contribution in [0.2, 0.25) is 0 Å². The first kappa shape index (κ1) is 25.7. The molecule has 0 bridgehead atoms. The molecular formula is C26H32N4O5. The van der Waals surface area contributed by atoms with E-state index in [1.54, 1.807) is 24.3 Å². The zero-order valence-corrected chi connectivity index (χ0v) is 19.9. The normalized spacial score (nSPS) is 15.2. The molecule has 1 heterocycles. The van der Waals surface area contributed by atoms with Gasteiger partial charge in [0.1, 0.15) is 6.04 Å². The lowest BCUT2D eigenvalue weighted by molar-refractivity contribution is -0.151. The molecule has 1 aliphatic heterocycles. The SMILES string of the molecule is CCCCOC(=O)CC1C(=O)NCCN1C(=O)CNc1cccc(C(=O)NCc2ccccc2)c1. The number of hydrogen-bond acceptors (Lipinski definition) is 6. The van der Waals surface area contributed by atoms with E-state index in [4.69, 9.17) is 4.74 Å². The van der Waals surface area contributed by atoms with E-state index in [-0.39, 0.29) is 30.7 Å². The Hall–Kier alpha value is -3.88. The molecule has 1 saturated heterocycles. The van der Waals surface area contributed by atoms with E-state index in [0.29, 0.717) is 37.5 Å². The van der Waals surface area contributed by atoms with Crippen molar-refractivity contribution in [1.29, 1.82) is 0 Å². The highest BCUT2D eigenvalue weighted by molar-refractivity contribution is 5.95. The summed E-state index contributed by atoms with van der Waals surface area (Å²) in [5.74, 6) is -1.40. The van der Waals surface area contributed by atoms with Gasteiger partial charge in [0.2, 0.25) is 11.8 Å². The molecule has 0 radical (unpaired) electrons. The number of ether oxygens (including phenoxy) is 1. The standard InChI is InChI=1S/C26H32N4O5/c1-2-3-14-35-24(32)16-22-26(34)27-12-13-30(22)23(31)18-28-21-11-7-10-20(15-21)25(33)29-17-19-8-5-4-6-9-19/h4-11,15,22,28H,2-3,12-14,16-18H2,1H3,(H,27,34)(H,29,33). The zero-order valence-electron chi connectivity index (χ0n) is 19.9. The molecule has 1 atom stereocenters. The number of piperazine rings is 1. The maximum Gasteiger partial charge on any atom is 0.308 e. The Bertz CT molecular complexity index is 1030. The smallest absolute Gasteiger partial charge is 0.308 e. The van der Waals surface area contributed by atoms with Crippen molar-refractivity contribution in [3.8, 4) is 0 Å². The zero-order chi connectivity index (χ0) is 25.0. The number of nitrogens with one attached hydrogen (secondary N) is 3. The molecule has 0 saturated carbocycles. The van der Waals surface area contributed by atoms with Crippen LogP contribution in [0.5, 0.6) is 0 Å². The highest BCUT2D eigenvalue weighted by atomic mass is 16.5. The number of hydrogen-bond donors (Lipinski definition) is 3. The topological polar surface area (TPSA) is 117 Å². The molecule has 186 valence electrons. The van der Waals surface area contributed by atoms with Gasteiger partial charge in [-0.3, -0.25) is 19.2 Å². The van der Waals surface area contributed by atoms with E-state index in [1.807, 2.05) is 37.3 Å². The third-order valence-electron chi connectivity index (χ3n) is 5.64. The van der Waals surface area contributed by atoms with E-state index in [1.165, 1.54) is 4.90 Å². The van der Waals surface area contributed by atoms with Gasteiger partial charge in [-0.1, -0.05) is 49.7 Å². The Kier molecular flexibility index (Phi) is 9.65. The van der Waals surface area contributed by atoms with Crippen LogP contribution >= 0.6 is 0 Å². The number of rotatable bonds is 11. The van der Waals surface area contributed by atoms with Gasteiger partial charge in [-0.2, -0.15) is 0 Å². The summed E-state index contributed by atoms with van der Waals surface area (Å²) in [6.45, 7) is 3.25. The molecular weight excluding hydrogens is 448 g/mol. The summed E-state index contributed by atoms with van der Waals surface area (Å²) < 4.78 is 5.16. The minimum absolute atomic E-state index is 0.0796. The number of esters is 1. The molecule has 0 aliphatic carbocycles. The third-order valence-corrected chi connectivity index (χ3v) is 5.64. The number of carbonyl (C=O) groups is 4. The Morgan fingerprint density at radius 2 is 1.91 bits per heavy atom. The quantitative estimate of drug-likeness (QED) is 0.335. The molecule has 3 rings (SSSR count). The molecule has 9 nitrogen and oxygen atoms in total. The van der Waals surface area contributed by atoms with Gasteiger partial charge in [0.25, 0.3) is 5.91 Å². The highest BCUT2D eigenvalue weighted by Gasteiger charge is 2.34. The summed E-state index contributed by atoms with van der Waals surface area (Å²) in [7, 11) is 0. The minimum Gasteiger partial charge on any atom is -0.466 e. The highest BCUT2D eigenvalue weighted by Crippen LogP contribution is 2.14. The number of carbonyl (C=O) groups excluding carboxylic acids is 4. The lowest BCUT2D eigenvalue weighted by Gasteiger charge is -2.34. The van der Waals surface area contributed by atoms with Gasteiger partial charge in [-0.25, -0.2) is 0 Å². The van der Waals surface area contributed by atoms with Gasteiger partial charge in [0, 0.05) is 30.9 Å². The van der Waals surface area contributed by atoms with Crippen molar-refractivity contribution < 1.29 is 23.9 Å². The maximum atomic E-state index is 12.9. The second-order valence-electron chi connectivity index (χ2n) is 8.27. The summed E-state index contributed by atoms with van der Waals surface area (Å²) in [5.41, 5.74) is 2.06. The van der Waals surface area contributed by atoms with E-state index < -0.39 is 12.0 Å². The van der Waals surface area contributed by atoms with Crippen LogP contribution in [-0.4, -0.2) is 60.9 Å². The lowest BCUT2D eigenvalue weighted by atomic mass is 10.1. The number of anilines is 1. The number of amides is 3. The number of unbranched alkanes of at least 4 members (excludes halogenated alkanes) is 1. The maximum absolute atomic E-state index is 12.9. The molecule has 2 aromatic rings. The predicted octanol–water partition coefficient (Wildman–Crippen LogP) is 2.09. The van der Waals surface area contributed by atoms with Crippen molar-refractivity contribution >= 4 is 29.4 Å². The Morgan fingerprint density at radius 3 is 2.69 bits per heavy atom. The second kappa shape index (κ2) is 13.1. The summed E-state index contributed by atoms with van der Waals surface area (Å²) in [6, 6.07) is 15.6. The van der Waals surface area contributed by atoms with Crippen LogP contribution in [-0.2, 0) is 25.7 Å². The predicted molar refractivity (Wildman–Crippen MR) is 132 cm³/mol. The van der Waals surface area contributed by atoms with Gasteiger partial charge in [-0.05, 0) is 30.2 Å². The van der Waals surface area contributed by atoms with Crippen LogP contribution < -0.4 is 16.0 Å². The van der Waals surface area contributed by atoms with Crippen molar-refractivity contribution in [3.63, 3.8) is 0 Å². The molecule has 0 aromatic heterocycles. The molecule has 2 aromatic carbocycles. The Balaban J connectivity index is 1.54. The average Bonchev–Trinajstić information content (AvgIpc) is 2.88.